The largest absolute Gasteiger partial charge is 0.0988 e. The van der Waals surface area contributed by atoms with Crippen LogP contribution in [0.4, 0.5) is 0 Å². The summed E-state index contributed by atoms with van der Waals surface area (Å²) in [6.45, 7) is 12.3. The van der Waals surface area contributed by atoms with Crippen LogP contribution in [0.25, 0.3) is 0 Å². The third-order valence-corrected chi connectivity index (χ3v) is 2.32. The molecule has 0 aliphatic heterocycles. The van der Waals surface area contributed by atoms with Gasteiger partial charge in [-0.1, -0.05) is 47.6 Å². The van der Waals surface area contributed by atoms with Crippen molar-refractivity contribution < 1.29 is 0 Å². The van der Waals surface area contributed by atoms with Crippen molar-refractivity contribution >= 4 is 0 Å². The zero-order valence-electron chi connectivity index (χ0n) is 10.6. The smallest absolute Gasteiger partial charge is 0.0161 e. The standard InChI is InChI=1S/C15H24/c1-6-14(4)10-8-12-15(5)11-7-9-13(2)3/h6,9-10,12H,1,7-8,11H2,2-5H3/b14-10+,15-12-. The van der Waals surface area contributed by atoms with Crippen LogP contribution in [0.1, 0.15) is 47.0 Å². The molecule has 0 unspecified atom stereocenters. The van der Waals surface area contributed by atoms with Gasteiger partial charge in [0.05, 0.1) is 0 Å². The van der Waals surface area contributed by atoms with Gasteiger partial charge < -0.3 is 0 Å². The molecule has 0 radical (unpaired) electrons. The molecule has 84 valence electrons. The normalized spacial score (nSPS) is 12.5. The molecule has 0 bridgehead atoms. The molecule has 0 aliphatic rings. The fourth-order valence-corrected chi connectivity index (χ4v) is 1.22. The fourth-order valence-electron chi connectivity index (χ4n) is 1.22. The summed E-state index contributed by atoms with van der Waals surface area (Å²) >= 11 is 0. The maximum Gasteiger partial charge on any atom is -0.0161 e. The second-order valence-corrected chi connectivity index (χ2v) is 4.26. The van der Waals surface area contributed by atoms with Crippen LogP contribution in [0.15, 0.2) is 47.6 Å². The van der Waals surface area contributed by atoms with Gasteiger partial charge in [0.25, 0.3) is 0 Å². The average Bonchev–Trinajstić information content (AvgIpc) is 2.17. The molecule has 0 spiro atoms. The Morgan fingerprint density at radius 1 is 1.00 bits per heavy atom. The Morgan fingerprint density at radius 3 is 2.20 bits per heavy atom. The van der Waals surface area contributed by atoms with Gasteiger partial charge in [-0.15, -0.1) is 0 Å². The highest BCUT2D eigenvalue weighted by Crippen LogP contribution is 2.08. The topological polar surface area (TPSA) is 0 Å². The van der Waals surface area contributed by atoms with E-state index in [1.54, 1.807) is 0 Å². The Kier molecular flexibility index (Phi) is 7.71. The highest BCUT2D eigenvalue weighted by atomic mass is 13.9. The minimum absolute atomic E-state index is 1.03. The van der Waals surface area contributed by atoms with E-state index in [0.29, 0.717) is 0 Å². The molecule has 0 aromatic carbocycles. The van der Waals surface area contributed by atoms with Crippen LogP contribution in [0.2, 0.25) is 0 Å². The summed E-state index contributed by atoms with van der Waals surface area (Å²) in [7, 11) is 0. The Morgan fingerprint density at radius 2 is 1.67 bits per heavy atom. The van der Waals surface area contributed by atoms with E-state index in [1.807, 2.05) is 6.08 Å². The van der Waals surface area contributed by atoms with Crippen LogP contribution in [0, 0.1) is 0 Å². The van der Waals surface area contributed by atoms with Crippen LogP contribution >= 0.6 is 0 Å². The minimum Gasteiger partial charge on any atom is -0.0988 e. The quantitative estimate of drug-likeness (QED) is 0.412. The van der Waals surface area contributed by atoms with E-state index in [0.717, 1.165) is 12.8 Å². The van der Waals surface area contributed by atoms with Crippen LogP contribution in [0.3, 0.4) is 0 Å². The van der Waals surface area contributed by atoms with Gasteiger partial charge in [0.1, 0.15) is 0 Å². The minimum atomic E-state index is 1.03. The van der Waals surface area contributed by atoms with E-state index in [4.69, 9.17) is 0 Å². The molecule has 15 heavy (non-hydrogen) atoms. The summed E-state index contributed by atoms with van der Waals surface area (Å²) in [4.78, 5) is 0. The van der Waals surface area contributed by atoms with Gasteiger partial charge in [0.2, 0.25) is 0 Å². The Hall–Kier alpha value is -1.04. The van der Waals surface area contributed by atoms with Crippen molar-refractivity contribution in [3.63, 3.8) is 0 Å². The van der Waals surface area contributed by atoms with E-state index >= 15 is 0 Å². The predicted molar refractivity (Wildman–Crippen MR) is 71.0 cm³/mol. The van der Waals surface area contributed by atoms with Crippen molar-refractivity contribution in [2.75, 3.05) is 0 Å². The van der Waals surface area contributed by atoms with E-state index in [9.17, 15) is 0 Å². The third-order valence-electron chi connectivity index (χ3n) is 2.32. The van der Waals surface area contributed by atoms with Crippen molar-refractivity contribution in [3.8, 4) is 0 Å². The van der Waals surface area contributed by atoms with Gasteiger partial charge >= 0.3 is 0 Å². The summed E-state index contributed by atoms with van der Waals surface area (Å²) in [5, 5.41) is 0. The van der Waals surface area contributed by atoms with Crippen molar-refractivity contribution in [3.05, 3.63) is 47.6 Å². The SMILES string of the molecule is C=C/C(C)=C/C/C=C(/C)CCC=C(C)C. The van der Waals surface area contributed by atoms with E-state index < -0.39 is 0 Å². The molecule has 0 saturated heterocycles. The molecule has 0 rings (SSSR count). The molecule has 0 heteroatoms. The Bertz CT molecular complexity index is 270. The van der Waals surface area contributed by atoms with Crippen LogP contribution < -0.4 is 0 Å². The molecule has 0 heterocycles. The molecular formula is C15H24. The maximum absolute atomic E-state index is 3.73. The summed E-state index contributed by atoms with van der Waals surface area (Å²) < 4.78 is 0. The molecule has 0 atom stereocenters. The van der Waals surface area contributed by atoms with Gasteiger partial charge in [0, 0.05) is 0 Å². The van der Waals surface area contributed by atoms with Crippen molar-refractivity contribution in [1.29, 1.82) is 0 Å². The molecule has 0 saturated carbocycles. The fraction of sp³-hybridized carbons (Fsp3) is 0.467. The number of rotatable bonds is 6. The van der Waals surface area contributed by atoms with Crippen molar-refractivity contribution in [1.82, 2.24) is 0 Å². The van der Waals surface area contributed by atoms with Crippen molar-refractivity contribution in [2.45, 2.75) is 47.0 Å². The highest BCUT2D eigenvalue weighted by molar-refractivity contribution is 5.15. The predicted octanol–water partition coefficient (Wildman–Crippen LogP) is 5.20. The number of allylic oxidation sites excluding steroid dienone is 7. The number of hydrogen-bond donors (Lipinski definition) is 0. The molecule has 0 fully saturated rings. The van der Waals surface area contributed by atoms with E-state index in [-0.39, 0.29) is 0 Å². The first-order valence-corrected chi connectivity index (χ1v) is 5.64. The summed E-state index contributed by atoms with van der Waals surface area (Å²) in [5.41, 5.74) is 4.13. The molecule has 0 aliphatic carbocycles. The molecule has 0 aromatic heterocycles. The number of hydrogen-bond acceptors (Lipinski definition) is 0. The van der Waals surface area contributed by atoms with E-state index in [2.05, 4.69) is 52.5 Å². The maximum atomic E-state index is 3.73. The third kappa shape index (κ3) is 9.27. The molecule has 0 amide bonds. The lowest BCUT2D eigenvalue weighted by atomic mass is 10.1. The molecule has 0 N–H and O–H groups in total. The highest BCUT2D eigenvalue weighted by Gasteiger charge is 1.88. The molecule has 0 nitrogen and oxygen atoms in total. The monoisotopic (exact) mass is 204 g/mol. The first-order valence-electron chi connectivity index (χ1n) is 5.64. The Balaban J connectivity index is 3.89. The van der Waals surface area contributed by atoms with Gasteiger partial charge in [-0.3, -0.25) is 0 Å². The van der Waals surface area contributed by atoms with Gasteiger partial charge in [-0.05, 0) is 47.0 Å². The summed E-state index contributed by atoms with van der Waals surface area (Å²) in [5.74, 6) is 0. The zero-order chi connectivity index (χ0) is 11.7. The summed E-state index contributed by atoms with van der Waals surface area (Å²) in [6.07, 6.45) is 12.1. The molecule has 0 aromatic rings. The summed E-state index contributed by atoms with van der Waals surface area (Å²) in [6, 6.07) is 0. The van der Waals surface area contributed by atoms with Gasteiger partial charge in [-0.25, -0.2) is 0 Å². The van der Waals surface area contributed by atoms with Gasteiger partial charge in [0.15, 0.2) is 0 Å². The lowest BCUT2D eigenvalue weighted by Gasteiger charge is -1.98. The first kappa shape index (κ1) is 14.0. The second-order valence-electron chi connectivity index (χ2n) is 4.26. The van der Waals surface area contributed by atoms with Crippen LogP contribution in [-0.4, -0.2) is 0 Å². The first-order chi connectivity index (χ1) is 7.06. The van der Waals surface area contributed by atoms with Crippen LogP contribution in [-0.2, 0) is 0 Å². The Labute approximate surface area is 95.1 Å². The lowest BCUT2D eigenvalue weighted by molar-refractivity contribution is 0.958. The van der Waals surface area contributed by atoms with Gasteiger partial charge in [-0.2, -0.15) is 0 Å². The zero-order valence-corrected chi connectivity index (χ0v) is 10.6. The van der Waals surface area contributed by atoms with Crippen LogP contribution in [0.5, 0.6) is 0 Å². The van der Waals surface area contributed by atoms with E-state index in [1.165, 1.54) is 23.1 Å². The average molecular weight is 204 g/mol. The second kappa shape index (κ2) is 8.28. The molecular weight excluding hydrogens is 180 g/mol. The van der Waals surface area contributed by atoms with Crippen molar-refractivity contribution in [2.24, 2.45) is 0 Å². The lowest BCUT2D eigenvalue weighted by Crippen LogP contribution is -1.77.